The minimum atomic E-state index is 0.00870. The average Bonchev–Trinajstić information content (AvgIpc) is 2.26. The second-order valence-electron chi connectivity index (χ2n) is 3.16. The van der Waals surface area contributed by atoms with E-state index in [1.165, 1.54) is 0 Å². The lowest BCUT2D eigenvalue weighted by Crippen LogP contribution is -2.01. The summed E-state index contributed by atoms with van der Waals surface area (Å²) in [7, 11) is 0. The first-order valence-electron chi connectivity index (χ1n) is 4.76. The second kappa shape index (κ2) is 5.45. The summed E-state index contributed by atoms with van der Waals surface area (Å²) in [6.45, 7) is 6.43. The van der Waals surface area contributed by atoms with Crippen LogP contribution in [-0.4, -0.2) is 11.7 Å². The number of para-hydroxylation sites is 1. The number of hydrogen-bond acceptors (Lipinski definition) is 2. The highest BCUT2D eigenvalue weighted by Crippen LogP contribution is 2.18. The largest absolute Gasteiger partial charge is 0.489 e. The fourth-order valence-corrected chi connectivity index (χ4v) is 1.06. The average molecular weight is 192 g/mol. The van der Waals surface area contributed by atoms with E-state index in [2.05, 4.69) is 6.58 Å². The van der Waals surface area contributed by atoms with Crippen molar-refractivity contribution in [2.75, 3.05) is 6.61 Å². The standard InChI is InChI=1S/C12H16O2/c1-3-10(2)9-14-12-7-5-4-6-11(12)8-13/h4-7,13H,2-3,8-9H2,1H3. The number of aliphatic hydroxyl groups is 1. The Morgan fingerprint density at radius 1 is 1.43 bits per heavy atom. The quantitative estimate of drug-likeness (QED) is 0.726. The van der Waals surface area contributed by atoms with Gasteiger partial charge < -0.3 is 9.84 Å². The van der Waals surface area contributed by atoms with Gasteiger partial charge in [-0.3, -0.25) is 0 Å². The molecule has 0 aliphatic carbocycles. The van der Waals surface area contributed by atoms with E-state index in [-0.39, 0.29) is 6.61 Å². The third-order valence-corrected chi connectivity index (χ3v) is 2.07. The Balaban J connectivity index is 2.61. The normalized spacial score (nSPS) is 9.86. The predicted octanol–water partition coefficient (Wildman–Crippen LogP) is 2.52. The molecule has 2 nitrogen and oxygen atoms in total. The van der Waals surface area contributed by atoms with E-state index in [4.69, 9.17) is 9.84 Å². The minimum Gasteiger partial charge on any atom is -0.489 e. The monoisotopic (exact) mass is 192 g/mol. The van der Waals surface area contributed by atoms with Crippen LogP contribution < -0.4 is 4.74 Å². The van der Waals surface area contributed by atoms with E-state index in [0.717, 1.165) is 23.3 Å². The molecule has 0 aliphatic heterocycles. The van der Waals surface area contributed by atoms with Gasteiger partial charge in [-0.15, -0.1) is 0 Å². The van der Waals surface area contributed by atoms with Gasteiger partial charge in [0.05, 0.1) is 6.61 Å². The fraction of sp³-hybridized carbons (Fsp3) is 0.333. The molecule has 0 aromatic heterocycles. The highest BCUT2D eigenvalue weighted by molar-refractivity contribution is 5.32. The molecule has 0 unspecified atom stereocenters. The smallest absolute Gasteiger partial charge is 0.125 e. The number of aliphatic hydroxyl groups excluding tert-OH is 1. The molecule has 0 amide bonds. The van der Waals surface area contributed by atoms with Crippen molar-refractivity contribution in [3.05, 3.63) is 42.0 Å². The Morgan fingerprint density at radius 3 is 2.79 bits per heavy atom. The van der Waals surface area contributed by atoms with E-state index in [0.29, 0.717) is 6.61 Å². The molecular formula is C12H16O2. The molecular weight excluding hydrogens is 176 g/mol. The zero-order chi connectivity index (χ0) is 10.4. The summed E-state index contributed by atoms with van der Waals surface area (Å²) >= 11 is 0. The molecule has 1 N–H and O–H groups in total. The van der Waals surface area contributed by atoms with Gasteiger partial charge in [0.1, 0.15) is 12.4 Å². The van der Waals surface area contributed by atoms with E-state index in [1.807, 2.05) is 31.2 Å². The van der Waals surface area contributed by atoms with Crippen molar-refractivity contribution in [1.82, 2.24) is 0 Å². The van der Waals surface area contributed by atoms with Gasteiger partial charge in [0.2, 0.25) is 0 Å². The van der Waals surface area contributed by atoms with E-state index in [9.17, 15) is 0 Å². The Morgan fingerprint density at radius 2 is 2.14 bits per heavy atom. The van der Waals surface area contributed by atoms with Crippen molar-refractivity contribution >= 4 is 0 Å². The first kappa shape index (κ1) is 10.8. The zero-order valence-corrected chi connectivity index (χ0v) is 8.49. The molecule has 0 atom stereocenters. The summed E-state index contributed by atoms with van der Waals surface area (Å²) in [5.41, 5.74) is 1.87. The lowest BCUT2D eigenvalue weighted by atomic mass is 10.2. The Bertz CT molecular complexity index is 305. The summed E-state index contributed by atoms with van der Waals surface area (Å²) in [5.74, 6) is 0.740. The molecule has 0 saturated carbocycles. The van der Waals surface area contributed by atoms with Crippen LogP contribution in [0.1, 0.15) is 18.9 Å². The lowest BCUT2D eigenvalue weighted by Gasteiger charge is -2.10. The number of rotatable bonds is 5. The number of ether oxygens (including phenoxy) is 1. The predicted molar refractivity (Wildman–Crippen MR) is 57.3 cm³/mol. The van der Waals surface area contributed by atoms with Crippen molar-refractivity contribution in [3.63, 3.8) is 0 Å². The van der Waals surface area contributed by atoms with Crippen LogP contribution in [0, 0.1) is 0 Å². The van der Waals surface area contributed by atoms with Crippen LogP contribution in [0.2, 0.25) is 0 Å². The SMILES string of the molecule is C=C(CC)COc1ccccc1CO. The summed E-state index contributed by atoms with van der Waals surface area (Å²) < 4.78 is 5.52. The first-order valence-corrected chi connectivity index (χ1v) is 4.76. The van der Waals surface area contributed by atoms with Crippen LogP contribution in [-0.2, 0) is 6.61 Å². The van der Waals surface area contributed by atoms with Gasteiger partial charge in [0, 0.05) is 5.56 Å². The third kappa shape index (κ3) is 2.89. The van der Waals surface area contributed by atoms with E-state index in [1.54, 1.807) is 0 Å². The maximum absolute atomic E-state index is 9.04. The van der Waals surface area contributed by atoms with Gasteiger partial charge in [-0.05, 0) is 18.1 Å². The molecule has 0 aliphatic rings. The lowest BCUT2D eigenvalue weighted by molar-refractivity contribution is 0.268. The van der Waals surface area contributed by atoms with Crippen LogP contribution in [0.5, 0.6) is 5.75 Å². The Hall–Kier alpha value is -1.28. The maximum Gasteiger partial charge on any atom is 0.125 e. The molecule has 0 bridgehead atoms. The molecule has 14 heavy (non-hydrogen) atoms. The molecule has 0 spiro atoms. The van der Waals surface area contributed by atoms with Gasteiger partial charge in [-0.25, -0.2) is 0 Å². The van der Waals surface area contributed by atoms with E-state index < -0.39 is 0 Å². The van der Waals surface area contributed by atoms with Gasteiger partial charge >= 0.3 is 0 Å². The number of hydrogen-bond donors (Lipinski definition) is 1. The Labute approximate surface area is 84.8 Å². The molecule has 0 radical (unpaired) electrons. The minimum absolute atomic E-state index is 0.00870. The van der Waals surface area contributed by atoms with Crippen molar-refractivity contribution in [1.29, 1.82) is 0 Å². The molecule has 1 rings (SSSR count). The van der Waals surface area contributed by atoms with Gasteiger partial charge in [-0.1, -0.05) is 31.7 Å². The van der Waals surface area contributed by atoms with Crippen molar-refractivity contribution in [2.45, 2.75) is 20.0 Å². The highest BCUT2D eigenvalue weighted by atomic mass is 16.5. The van der Waals surface area contributed by atoms with Gasteiger partial charge in [-0.2, -0.15) is 0 Å². The molecule has 2 heteroatoms. The van der Waals surface area contributed by atoms with Crippen LogP contribution in [0.3, 0.4) is 0 Å². The second-order valence-corrected chi connectivity index (χ2v) is 3.16. The van der Waals surface area contributed by atoms with E-state index >= 15 is 0 Å². The summed E-state index contributed by atoms with van der Waals surface area (Å²) in [6, 6.07) is 7.48. The van der Waals surface area contributed by atoms with Gasteiger partial charge in [0.15, 0.2) is 0 Å². The molecule has 76 valence electrons. The summed E-state index contributed by atoms with van der Waals surface area (Å²) in [6.07, 6.45) is 0.918. The van der Waals surface area contributed by atoms with Crippen LogP contribution in [0.15, 0.2) is 36.4 Å². The molecule has 0 heterocycles. The molecule has 0 fully saturated rings. The molecule has 1 aromatic rings. The van der Waals surface area contributed by atoms with Crippen LogP contribution in [0.25, 0.3) is 0 Å². The van der Waals surface area contributed by atoms with Crippen LogP contribution in [0.4, 0.5) is 0 Å². The van der Waals surface area contributed by atoms with Crippen molar-refractivity contribution < 1.29 is 9.84 Å². The third-order valence-electron chi connectivity index (χ3n) is 2.07. The first-order chi connectivity index (χ1) is 6.77. The maximum atomic E-state index is 9.04. The zero-order valence-electron chi connectivity index (χ0n) is 8.49. The van der Waals surface area contributed by atoms with Crippen LogP contribution >= 0.6 is 0 Å². The fourth-order valence-electron chi connectivity index (χ4n) is 1.06. The topological polar surface area (TPSA) is 29.5 Å². The van der Waals surface area contributed by atoms with Gasteiger partial charge in [0.25, 0.3) is 0 Å². The van der Waals surface area contributed by atoms with Crippen molar-refractivity contribution in [2.24, 2.45) is 0 Å². The number of benzene rings is 1. The van der Waals surface area contributed by atoms with Crippen molar-refractivity contribution in [3.8, 4) is 5.75 Å². The Kier molecular flexibility index (Phi) is 4.20. The highest BCUT2D eigenvalue weighted by Gasteiger charge is 2.01. The molecule has 0 saturated heterocycles. The summed E-state index contributed by atoms with van der Waals surface area (Å²) in [5, 5.41) is 9.04. The molecule has 1 aromatic carbocycles. The summed E-state index contributed by atoms with van der Waals surface area (Å²) in [4.78, 5) is 0.